The Bertz CT molecular complexity index is 1370. The van der Waals surface area contributed by atoms with Crippen LogP contribution in [0.2, 0.25) is 0 Å². The Kier molecular flexibility index (Phi) is 5.64. The molecular weight excluding hydrogens is 410 g/mol. The lowest BCUT2D eigenvalue weighted by atomic mass is 10.1. The quantitative estimate of drug-likeness (QED) is 0.432. The third-order valence-corrected chi connectivity index (χ3v) is 6.53. The molecule has 0 spiro atoms. The van der Waals surface area contributed by atoms with E-state index in [1.165, 1.54) is 0 Å². The van der Waals surface area contributed by atoms with Gasteiger partial charge in [-0.3, -0.25) is 4.98 Å². The van der Waals surface area contributed by atoms with E-state index in [1.54, 1.807) is 54.6 Å². The summed E-state index contributed by atoms with van der Waals surface area (Å²) in [6, 6.07) is 24.4. The number of pyridine rings is 1. The molecule has 1 heterocycles. The molecular formula is C25H19NO4S. The number of para-hydroxylation sites is 1. The molecule has 0 aliphatic rings. The van der Waals surface area contributed by atoms with Crippen LogP contribution in [0.1, 0.15) is 27.2 Å². The van der Waals surface area contributed by atoms with Crippen LogP contribution in [0, 0.1) is 0 Å². The number of nitrogens with zero attached hydrogens (tertiary/aromatic N) is 1. The maximum Gasteiger partial charge on any atom is 0.335 e. The van der Waals surface area contributed by atoms with Gasteiger partial charge in [0.05, 0.1) is 27.4 Å². The lowest BCUT2D eigenvalue weighted by Crippen LogP contribution is -2.06. The average molecular weight is 429 g/mol. The van der Waals surface area contributed by atoms with Crippen molar-refractivity contribution < 1.29 is 18.3 Å². The zero-order valence-electron chi connectivity index (χ0n) is 16.5. The zero-order valence-corrected chi connectivity index (χ0v) is 17.3. The molecule has 4 rings (SSSR count). The lowest BCUT2D eigenvalue weighted by Gasteiger charge is -2.06. The number of hydrogen-bond donors (Lipinski definition) is 1. The van der Waals surface area contributed by atoms with Crippen LogP contribution in [0.25, 0.3) is 23.1 Å². The number of hydrogen-bond acceptors (Lipinski definition) is 4. The fourth-order valence-electron chi connectivity index (χ4n) is 3.18. The number of aromatic nitrogens is 1. The van der Waals surface area contributed by atoms with Gasteiger partial charge in [0, 0.05) is 5.39 Å². The van der Waals surface area contributed by atoms with Gasteiger partial charge in [0.25, 0.3) is 0 Å². The highest BCUT2D eigenvalue weighted by Gasteiger charge is 2.16. The number of carbonyl (C=O) groups is 1. The summed E-state index contributed by atoms with van der Waals surface area (Å²) in [4.78, 5) is 15.6. The Labute approximate surface area is 180 Å². The largest absolute Gasteiger partial charge is 0.478 e. The molecule has 31 heavy (non-hydrogen) atoms. The van der Waals surface area contributed by atoms with E-state index in [9.17, 15) is 13.2 Å². The highest BCUT2D eigenvalue weighted by atomic mass is 32.2. The Morgan fingerprint density at radius 2 is 1.42 bits per heavy atom. The third-order valence-electron chi connectivity index (χ3n) is 4.86. The first kappa shape index (κ1) is 20.5. The van der Waals surface area contributed by atoms with Gasteiger partial charge < -0.3 is 5.11 Å². The fraction of sp³-hybridized carbons (Fsp3) is 0.0400. The Hall–Kier alpha value is -3.77. The van der Waals surface area contributed by atoms with Crippen molar-refractivity contribution >= 4 is 38.9 Å². The first-order valence-corrected chi connectivity index (χ1v) is 11.2. The molecule has 0 aliphatic carbocycles. The summed E-state index contributed by atoms with van der Waals surface area (Å²) < 4.78 is 25.6. The zero-order chi connectivity index (χ0) is 21.8. The predicted octanol–water partition coefficient (Wildman–Crippen LogP) is 5.08. The van der Waals surface area contributed by atoms with E-state index in [-0.39, 0.29) is 16.2 Å². The standard InChI is InChI=1S/C25H19NO4S/c27-25(28)21-11-7-18(8-12-21)5-6-19-9-15-23(16-10-19)31(29,30)17-22-14-13-20-3-1-2-4-24(20)26-22/h1-16H,17H2,(H,27,28)/b6-5+. The molecule has 0 radical (unpaired) electrons. The second-order valence-corrected chi connectivity index (χ2v) is 9.07. The number of aromatic carboxylic acids is 1. The van der Waals surface area contributed by atoms with Crippen LogP contribution in [0.5, 0.6) is 0 Å². The average Bonchev–Trinajstić information content (AvgIpc) is 2.78. The van der Waals surface area contributed by atoms with E-state index in [2.05, 4.69) is 4.98 Å². The van der Waals surface area contributed by atoms with Crippen LogP contribution in [-0.4, -0.2) is 24.5 Å². The SMILES string of the molecule is O=C(O)c1ccc(/C=C/c2ccc(S(=O)(=O)Cc3ccc4ccccc4n3)cc2)cc1. The first-order chi connectivity index (χ1) is 14.9. The van der Waals surface area contributed by atoms with E-state index in [0.29, 0.717) is 5.69 Å². The van der Waals surface area contributed by atoms with Gasteiger partial charge >= 0.3 is 5.97 Å². The summed E-state index contributed by atoms with van der Waals surface area (Å²) in [5.41, 5.74) is 3.20. The molecule has 0 bridgehead atoms. The number of fused-ring (bicyclic) bond motifs is 1. The summed E-state index contributed by atoms with van der Waals surface area (Å²) in [7, 11) is -3.52. The summed E-state index contributed by atoms with van der Waals surface area (Å²) in [5, 5.41) is 9.91. The molecule has 0 unspecified atom stereocenters. The fourth-order valence-corrected chi connectivity index (χ4v) is 4.45. The van der Waals surface area contributed by atoms with Crippen LogP contribution >= 0.6 is 0 Å². The maximum atomic E-state index is 12.8. The van der Waals surface area contributed by atoms with Crippen LogP contribution in [-0.2, 0) is 15.6 Å². The molecule has 1 aromatic heterocycles. The van der Waals surface area contributed by atoms with Gasteiger partial charge in [-0.2, -0.15) is 0 Å². The molecule has 6 heteroatoms. The van der Waals surface area contributed by atoms with Crippen molar-refractivity contribution in [1.82, 2.24) is 4.98 Å². The van der Waals surface area contributed by atoms with E-state index in [0.717, 1.165) is 22.0 Å². The van der Waals surface area contributed by atoms with E-state index < -0.39 is 15.8 Å². The van der Waals surface area contributed by atoms with E-state index in [4.69, 9.17) is 5.11 Å². The topological polar surface area (TPSA) is 84.3 Å². The van der Waals surface area contributed by atoms with Gasteiger partial charge in [0.1, 0.15) is 0 Å². The minimum absolute atomic E-state index is 0.164. The van der Waals surface area contributed by atoms with Gasteiger partial charge in [-0.25, -0.2) is 13.2 Å². The summed E-state index contributed by atoms with van der Waals surface area (Å²) in [6.07, 6.45) is 3.69. The number of carboxylic acid groups (broad SMARTS) is 1. The predicted molar refractivity (Wildman–Crippen MR) is 121 cm³/mol. The number of sulfone groups is 1. The third kappa shape index (κ3) is 4.87. The Balaban J connectivity index is 1.48. The van der Waals surface area contributed by atoms with Crippen molar-refractivity contribution in [3.05, 3.63) is 107 Å². The molecule has 154 valence electrons. The number of benzene rings is 3. The van der Waals surface area contributed by atoms with Gasteiger partial charge in [-0.05, 0) is 47.5 Å². The molecule has 4 aromatic rings. The molecule has 0 saturated carbocycles. The lowest BCUT2D eigenvalue weighted by molar-refractivity contribution is 0.0697. The highest BCUT2D eigenvalue weighted by Crippen LogP contribution is 2.19. The molecule has 0 aliphatic heterocycles. The molecule has 0 saturated heterocycles. The number of carboxylic acids is 1. The molecule has 0 amide bonds. The van der Waals surface area contributed by atoms with Crippen LogP contribution in [0.4, 0.5) is 0 Å². The van der Waals surface area contributed by atoms with Crippen molar-refractivity contribution in [2.75, 3.05) is 0 Å². The van der Waals surface area contributed by atoms with Gasteiger partial charge in [0.15, 0.2) is 9.84 Å². The molecule has 0 fully saturated rings. The van der Waals surface area contributed by atoms with Crippen molar-refractivity contribution in [3.63, 3.8) is 0 Å². The minimum Gasteiger partial charge on any atom is -0.478 e. The first-order valence-electron chi connectivity index (χ1n) is 9.60. The molecule has 0 atom stereocenters. The number of rotatable bonds is 6. The molecule has 1 N–H and O–H groups in total. The van der Waals surface area contributed by atoms with Crippen molar-refractivity contribution in [2.24, 2.45) is 0 Å². The maximum absolute atomic E-state index is 12.8. The van der Waals surface area contributed by atoms with Crippen LogP contribution in [0.15, 0.2) is 89.8 Å². The summed E-state index contributed by atoms with van der Waals surface area (Å²) in [6.45, 7) is 0. The molecule has 3 aromatic carbocycles. The minimum atomic E-state index is -3.52. The van der Waals surface area contributed by atoms with Crippen LogP contribution < -0.4 is 0 Å². The van der Waals surface area contributed by atoms with Crippen LogP contribution in [0.3, 0.4) is 0 Å². The normalized spacial score (nSPS) is 11.7. The summed E-state index contributed by atoms with van der Waals surface area (Å²) >= 11 is 0. The smallest absolute Gasteiger partial charge is 0.335 e. The Morgan fingerprint density at radius 1 is 0.806 bits per heavy atom. The highest BCUT2D eigenvalue weighted by molar-refractivity contribution is 7.90. The van der Waals surface area contributed by atoms with Gasteiger partial charge in [-0.1, -0.05) is 60.7 Å². The van der Waals surface area contributed by atoms with Gasteiger partial charge in [0.2, 0.25) is 0 Å². The summed E-state index contributed by atoms with van der Waals surface area (Å²) in [5.74, 6) is -1.13. The van der Waals surface area contributed by atoms with Crippen molar-refractivity contribution in [3.8, 4) is 0 Å². The van der Waals surface area contributed by atoms with E-state index in [1.807, 2.05) is 42.5 Å². The van der Waals surface area contributed by atoms with Crippen molar-refractivity contribution in [1.29, 1.82) is 0 Å². The van der Waals surface area contributed by atoms with Gasteiger partial charge in [-0.15, -0.1) is 0 Å². The Morgan fingerprint density at radius 3 is 2.06 bits per heavy atom. The second kappa shape index (κ2) is 8.53. The van der Waals surface area contributed by atoms with E-state index >= 15 is 0 Å². The second-order valence-electron chi connectivity index (χ2n) is 7.08. The van der Waals surface area contributed by atoms with Crippen molar-refractivity contribution in [2.45, 2.75) is 10.6 Å². The molecule has 5 nitrogen and oxygen atoms in total. The monoisotopic (exact) mass is 429 g/mol.